The van der Waals surface area contributed by atoms with E-state index in [4.69, 9.17) is 27.0 Å². The van der Waals surface area contributed by atoms with Gasteiger partial charge in [0.2, 0.25) is 29.5 Å². The molecular weight excluding hydrogens is 588 g/mol. The van der Waals surface area contributed by atoms with Gasteiger partial charge in [0.25, 0.3) is 0 Å². The molecule has 15 nitrogen and oxygen atoms in total. The van der Waals surface area contributed by atoms with E-state index in [1.165, 1.54) is 26.4 Å². The number of carbonyl (C=O) groups excluding carboxylic acids is 5. The van der Waals surface area contributed by atoms with Crippen LogP contribution in [0.2, 0.25) is 0 Å². The normalized spacial score (nSPS) is 14.9. The molecule has 0 saturated carbocycles. The number of rotatable bonds is 25. The summed E-state index contributed by atoms with van der Waals surface area (Å²) in [5, 5.41) is 26.3. The fourth-order valence-electron chi connectivity index (χ4n) is 4.03. The summed E-state index contributed by atoms with van der Waals surface area (Å²) in [5.74, 6) is -5.75. The van der Waals surface area contributed by atoms with E-state index in [1.807, 2.05) is 35.7 Å². The first-order valence-corrected chi connectivity index (χ1v) is 14.9. The molecule has 0 unspecified atom stereocenters. The Morgan fingerprint density at radius 1 is 0.844 bits per heavy atom. The number of primary amides is 2. The number of ether oxygens (including phenoxy) is 1. The van der Waals surface area contributed by atoms with Crippen LogP contribution < -0.4 is 33.2 Å². The number of carboxylic acid groups (broad SMARTS) is 1. The topological polar surface area (TPSA) is 266 Å². The molecule has 5 atom stereocenters. The Hall–Kier alpha value is -4.08. The van der Waals surface area contributed by atoms with Gasteiger partial charge in [-0.2, -0.15) is 0 Å². The van der Waals surface area contributed by atoms with E-state index < -0.39 is 72.6 Å². The summed E-state index contributed by atoms with van der Waals surface area (Å²) in [5.41, 5.74) is 16.1. The fraction of sp³-hybridized carbons (Fsp3) is 0.600. The highest BCUT2D eigenvalue weighted by Crippen LogP contribution is 2.10. The minimum absolute atomic E-state index is 0.122. The zero-order chi connectivity index (χ0) is 34.2. The summed E-state index contributed by atoms with van der Waals surface area (Å²) >= 11 is 0. The Kier molecular flexibility index (Phi) is 22.1. The second-order valence-corrected chi connectivity index (χ2v) is 10.5. The average molecular weight is 639 g/mol. The molecule has 0 spiro atoms. The Labute approximate surface area is 264 Å². The van der Waals surface area contributed by atoms with Crippen LogP contribution in [-0.2, 0) is 33.5 Å². The Morgan fingerprint density at radius 2 is 1.49 bits per heavy atom. The zero-order valence-electron chi connectivity index (χ0n) is 26.1. The number of nitrogens with two attached hydrogens (primary N) is 3. The molecule has 254 valence electrons. The van der Waals surface area contributed by atoms with Crippen LogP contribution in [0.3, 0.4) is 0 Å². The van der Waals surface area contributed by atoms with Crippen LogP contribution in [0.15, 0.2) is 36.5 Å². The number of hydrogen-bond donors (Lipinski definition) is 8. The molecule has 0 radical (unpaired) electrons. The molecule has 0 aliphatic rings. The summed E-state index contributed by atoms with van der Waals surface area (Å²) in [4.78, 5) is 70.7. The van der Waals surface area contributed by atoms with Crippen molar-refractivity contribution in [2.24, 2.45) is 17.2 Å². The van der Waals surface area contributed by atoms with Crippen molar-refractivity contribution in [1.82, 2.24) is 16.0 Å². The molecule has 45 heavy (non-hydrogen) atoms. The molecule has 0 aliphatic carbocycles. The number of allylic oxidation sites excluding steroid dienone is 5. The van der Waals surface area contributed by atoms with E-state index in [2.05, 4.69) is 23.6 Å². The maximum Gasteiger partial charge on any atom is 0.326 e. The van der Waals surface area contributed by atoms with Gasteiger partial charge in [-0.3, -0.25) is 24.0 Å². The van der Waals surface area contributed by atoms with Gasteiger partial charge in [-0.1, -0.05) is 56.2 Å². The third-order valence-electron chi connectivity index (χ3n) is 6.35. The average Bonchev–Trinajstić information content (AvgIpc) is 2.94. The highest BCUT2D eigenvalue weighted by Gasteiger charge is 2.28. The van der Waals surface area contributed by atoms with Gasteiger partial charge in [-0.25, -0.2) is 4.79 Å². The quantitative estimate of drug-likeness (QED) is 0.0465. The van der Waals surface area contributed by atoms with Crippen molar-refractivity contribution in [3.63, 3.8) is 0 Å². The van der Waals surface area contributed by atoms with Crippen molar-refractivity contribution >= 4 is 35.5 Å². The maximum absolute atomic E-state index is 12.4. The molecule has 11 N–H and O–H groups in total. The van der Waals surface area contributed by atoms with Crippen molar-refractivity contribution in [3.05, 3.63) is 36.5 Å². The van der Waals surface area contributed by atoms with E-state index in [9.17, 15) is 33.9 Å². The van der Waals surface area contributed by atoms with E-state index in [0.717, 1.165) is 6.42 Å². The largest absolute Gasteiger partial charge is 0.480 e. The lowest BCUT2D eigenvalue weighted by molar-refractivity contribution is -0.143. The third kappa shape index (κ3) is 22.1. The molecule has 0 rings (SSSR count). The molecule has 15 heteroatoms. The minimum Gasteiger partial charge on any atom is -0.480 e. The number of nitrogens with one attached hydrogen (secondary N) is 3. The van der Waals surface area contributed by atoms with Crippen LogP contribution in [0.1, 0.15) is 71.1 Å². The molecule has 0 aromatic heterocycles. The number of hydrogen-bond acceptors (Lipinski definition) is 9. The van der Waals surface area contributed by atoms with E-state index in [1.54, 1.807) is 0 Å². The van der Waals surface area contributed by atoms with Crippen LogP contribution in [0.25, 0.3) is 0 Å². The summed E-state index contributed by atoms with van der Waals surface area (Å²) in [7, 11) is 1.53. The minimum atomic E-state index is -1.67. The molecule has 0 heterocycles. The lowest BCUT2D eigenvalue weighted by Gasteiger charge is -2.20. The van der Waals surface area contributed by atoms with Gasteiger partial charge in [0.1, 0.15) is 12.1 Å². The van der Waals surface area contributed by atoms with Gasteiger partial charge in [0.15, 0.2) is 0 Å². The summed E-state index contributed by atoms with van der Waals surface area (Å²) < 4.78 is 5.39. The van der Waals surface area contributed by atoms with Gasteiger partial charge < -0.3 is 48.1 Å². The van der Waals surface area contributed by atoms with Crippen molar-refractivity contribution < 1.29 is 43.7 Å². The second kappa shape index (κ2) is 24.3. The fourth-order valence-corrected chi connectivity index (χ4v) is 4.03. The predicted octanol–water partition coefficient (Wildman–Crippen LogP) is -0.580. The highest BCUT2D eigenvalue weighted by molar-refractivity contribution is 5.94. The molecule has 5 amide bonds. The predicted molar refractivity (Wildman–Crippen MR) is 167 cm³/mol. The number of aliphatic hydroxyl groups excluding tert-OH is 1. The van der Waals surface area contributed by atoms with Crippen molar-refractivity contribution in [3.8, 4) is 0 Å². The van der Waals surface area contributed by atoms with Crippen LogP contribution in [0.4, 0.5) is 0 Å². The highest BCUT2D eigenvalue weighted by atomic mass is 16.5. The van der Waals surface area contributed by atoms with Gasteiger partial charge in [-0.15, -0.1) is 0 Å². The van der Waals surface area contributed by atoms with Crippen LogP contribution in [0, 0.1) is 0 Å². The molecular formula is C30H50N6O9. The van der Waals surface area contributed by atoms with Gasteiger partial charge in [0, 0.05) is 39.0 Å². The van der Waals surface area contributed by atoms with E-state index in [0.29, 0.717) is 0 Å². The Bertz CT molecular complexity index is 1050. The van der Waals surface area contributed by atoms with Crippen LogP contribution in [0.5, 0.6) is 0 Å². The molecule has 0 aromatic carbocycles. The molecule has 0 aliphatic heterocycles. The van der Waals surface area contributed by atoms with Gasteiger partial charge in [0.05, 0.1) is 25.0 Å². The number of methoxy groups -OCH3 is 1. The second-order valence-electron chi connectivity index (χ2n) is 10.5. The molecule has 0 saturated heterocycles. The standard InChI is InChI=1S/C30H50N6O9/c1-3-4-5-6-7-8-9-10-11-12-22(45-2)17-21(37)15-20(31)16-28(41)34-14-13-27(40)35-23(18-25(32)38)29(42)36-24(30(43)44)19-26(33)39/h7-12,20-24,37H,3-6,13-19,31H2,1-2H3,(H2,32,38)(H2,33,39)(H,34,41)(H,35,40)(H,36,42)(H,43,44)/b8-7+,10-9+,12-11+/t20-,21-,22-,23-,24-/m1/s1. The van der Waals surface area contributed by atoms with E-state index >= 15 is 0 Å². The number of amides is 5. The van der Waals surface area contributed by atoms with Gasteiger partial charge in [-0.05, 0) is 19.3 Å². The first kappa shape index (κ1) is 40.9. The first-order chi connectivity index (χ1) is 21.3. The van der Waals surface area contributed by atoms with Crippen molar-refractivity contribution in [1.29, 1.82) is 0 Å². The monoisotopic (exact) mass is 638 g/mol. The lowest BCUT2D eigenvalue weighted by Crippen LogP contribution is -2.53. The Balaban J connectivity index is 4.63. The van der Waals surface area contributed by atoms with Crippen LogP contribution >= 0.6 is 0 Å². The number of aliphatic hydroxyl groups is 1. The number of aliphatic carboxylic acids is 1. The van der Waals surface area contributed by atoms with Crippen molar-refractivity contribution in [2.75, 3.05) is 13.7 Å². The number of carboxylic acids is 1. The lowest BCUT2D eigenvalue weighted by atomic mass is 10.0. The molecule has 0 bridgehead atoms. The summed E-state index contributed by atoms with van der Waals surface area (Å²) in [6.07, 6.45) is 13.6. The number of carbonyl (C=O) groups is 6. The summed E-state index contributed by atoms with van der Waals surface area (Å²) in [6.45, 7) is 2.03. The maximum atomic E-state index is 12.4. The number of unbranched alkanes of at least 4 members (excludes halogenated alkanes) is 3. The summed E-state index contributed by atoms with van der Waals surface area (Å²) in [6, 6.07) is -3.86. The SMILES string of the molecule is CCCCC/C=C/C=C/C=C/[C@H](C[C@H](O)C[C@@H](N)CC(=O)NCCC(=O)N[C@H](CC(N)=O)C(=O)N[C@H](CC(N)=O)C(=O)O)OC. The Morgan fingerprint density at radius 3 is 2.09 bits per heavy atom. The van der Waals surface area contributed by atoms with Crippen molar-refractivity contribution in [2.45, 2.75) is 101 Å². The zero-order valence-corrected chi connectivity index (χ0v) is 26.1. The van der Waals surface area contributed by atoms with Gasteiger partial charge >= 0.3 is 5.97 Å². The first-order valence-electron chi connectivity index (χ1n) is 14.9. The van der Waals surface area contributed by atoms with E-state index in [-0.39, 0.29) is 38.3 Å². The third-order valence-corrected chi connectivity index (χ3v) is 6.35. The molecule has 0 fully saturated rings. The van der Waals surface area contributed by atoms with Crippen LogP contribution in [-0.4, -0.2) is 89.7 Å². The smallest absolute Gasteiger partial charge is 0.326 e. The molecule has 0 aromatic rings.